The summed E-state index contributed by atoms with van der Waals surface area (Å²) in [5, 5.41) is 3.26. The average Bonchev–Trinajstić information content (AvgIpc) is 2.88. The summed E-state index contributed by atoms with van der Waals surface area (Å²) in [7, 11) is 0. The first-order valence-electron chi connectivity index (χ1n) is 8.28. The Balaban J connectivity index is 1.65. The molecule has 0 aromatic heterocycles. The molecule has 0 aliphatic carbocycles. The molecule has 4 nitrogen and oxygen atoms in total. The Morgan fingerprint density at radius 2 is 1.75 bits per heavy atom. The van der Waals surface area contributed by atoms with Gasteiger partial charge in [0.25, 0.3) is 5.91 Å². The van der Waals surface area contributed by atoms with E-state index in [0.29, 0.717) is 12.2 Å². The van der Waals surface area contributed by atoms with E-state index in [1.807, 2.05) is 49.4 Å². The number of rotatable bonds is 5. The molecule has 4 heteroatoms. The molecule has 1 aliphatic rings. The molecule has 0 bridgehead atoms. The molecule has 1 fully saturated rings. The number of nitrogens with zero attached hydrogens (tertiary/aromatic N) is 1. The summed E-state index contributed by atoms with van der Waals surface area (Å²) in [4.78, 5) is 26.1. The minimum Gasteiger partial charge on any atom is -0.305 e. The summed E-state index contributed by atoms with van der Waals surface area (Å²) in [5.41, 5.74) is 2.97. The van der Waals surface area contributed by atoms with Gasteiger partial charge in [-0.2, -0.15) is 0 Å². The molecule has 3 rings (SSSR count). The van der Waals surface area contributed by atoms with Crippen molar-refractivity contribution in [2.75, 3.05) is 11.4 Å². The summed E-state index contributed by atoms with van der Waals surface area (Å²) in [6.07, 6.45) is 0.216. The third-order valence-corrected chi connectivity index (χ3v) is 4.48. The lowest BCUT2D eigenvalue weighted by Gasteiger charge is -2.18. The van der Waals surface area contributed by atoms with Gasteiger partial charge < -0.3 is 5.32 Å². The molecule has 1 saturated heterocycles. The lowest BCUT2D eigenvalue weighted by Crippen LogP contribution is -2.40. The SMILES string of the molecule is Cc1ccc(N2C(=O)C[C@H](NC[C@@H](C)c3ccccc3)C2=O)cc1. The normalized spacial score (nSPS) is 18.9. The van der Waals surface area contributed by atoms with Crippen LogP contribution in [-0.2, 0) is 9.59 Å². The molecule has 124 valence electrons. The fourth-order valence-corrected chi connectivity index (χ4v) is 2.97. The van der Waals surface area contributed by atoms with Crippen LogP contribution in [0.1, 0.15) is 30.4 Å². The van der Waals surface area contributed by atoms with Crippen LogP contribution in [0.4, 0.5) is 5.69 Å². The first-order valence-corrected chi connectivity index (χ1v) is 8.28. The zero-order chi connectivity index (χ0) is 17.1. The van der Waals surface area contributed by atoms with Crippen LogP contribution in [0.2, 0.25) is 0 Å². The Morgan fingerprint density at radius 1 is 1.08 bits per heavy atom. The summed E-state index contributed by atoms with van der Waals surface area (Å²) in [6, 6.07) is 17.2. The number of carbonyl (C=O) groups excluding carboxylic acids is 2. The molecule has 2 atom stereocenters. The molecule has 2 amide bonds. The van der Waals surface area contributed by atoms with Gasteiger partial charge >= 0.3 is 0 Å². The molecule has 1 aliphatic heterocycles. The van der Waals surface area contributed by atoms with Gasteiger partial charge in [0.05, 0.1) is 18.2 Å². The highest BCUT2D eigenvalue weighted by Crippen LogP contribution is 2.23. The van der Waals surface area contributed by atoms with E-state index >= 15 is 0 Å². The summed E-state index contributed by atoms with van der Waals surface area (Å²) < 4.78 is 0. The van der Waals surface area contributed by atoms with Crippen LogP contribution in [0.15, 0.2) is 54.6 Å². The maximum Gasteiger partial charge on any atom is 0.251 e. The van der Waals surface area contributed by atoms with E-state index < -0.39 is 6.04 Å². The van der Waals surface area contributed by atoms with Gasteiger partial charge in [-0.1, -0.05) is 55.0 Å². The molecule has 0 saturated carbocycles. The summed E-state index contributed by atoms with van der Waals surface area (Å²) in [6.45, 7) is 4.75. The van der Waals surface area contributed by atoms with Gasteiger partial charge in [-0.15, -0.1) is 0 Å². The Bertz CT molecular complexity index is 725. The fraction of sp³-hybridized carbons (Fsp3) is 0.300. The smallest absolute Gasteiger partial charge is 0.251 e. The molecule has 1 N–H and O–H groups in total. The zero-order valence-electron chi connectivity index (χ0n) is 14.0. The highest BCUT2D eigenvalue weighted by atomic mass is 16.2. The largest absolute Gasteiger partial charge is 0.305 e. The van der Waals surface area contributed by atoms with Crippen LogP contribution in [0, 0.1) is 6.92 Å². The Kier molecular flexibility index (Phi) is 4.76. The number of benzene rings is 2. The molecule has 0 unspecified atom stereocenters. The average molecular weight is 322 g/mol. The molecule has 0 radical (unpaired) electrons. The van der Waals surface area contributed by atoms with Crippen LogP contribution < -0.4 is 10.2 Å². The van der Waals surface area contributed by atoms with E-state index in [1.54, 1.807) is 0 Å². The molecule has 2 aromatic rings. The highest BCUT2D eigenvalue weighted by molar-refractivity contribution is 6.22. The van der Waals surface area contributed by atoms with E-state index in [9.17, 15) is 9.59 Å². The van der Waals surface area contributed by atoms with Crippen LogP contribution in [0.5, 0.6) is 0 Å². The third-order valence-electron chi connectivity index (χ3n) is 4.48. The van der Waals surface area contributed by atoms with Crippen molar-refractivity contribution >= 4 is 17.5 Å². The van der Waals surface area contributed by atoms with Crippen LogP contribution in [0.25, 0.3) is 0 Å². The number of imide groups is 1. The van der Waals surface area contributed by atoms with E-state index in [-0.39, 0.29) is 24.2 Å². The van der Waals surface area contributed by atoms with Crippen LogP contribution in [0.3, 0.4) is 0 Å². The van der Waals surface area contributed by atoms with E-state index in [0.717, 1.165) is 5.56 Å². The molecular weight excluding hydrogens is 300 g/mol. The van der Waals surface area contributed by atoms with Crippen molar-refractivity contribution in [2.45, 2.75) is 32.2 Å². The van der Waals surface area contributed by atoms with Gasteiger partial charge in [-0.05, 0) is 30.5 Å². The number of carbonyl (C=O) groups is 2. The van der Waals surface area contributed by atoms with Gasteiger partial charge in [0.1, 0.15) is 0 Å². The Hall–Kier alpha value is -2.46. The van der Waals surface area contributed by atoms with Crippen LogP contribution >= 0.6 is 0 Å². The maximum absolute atomic E-state index is 12.6. The number of anilines is 1. The molecule has 2 aromatic carbocycles. The van der Waals surface area contributed by atoms with Gasteiger partial charge in [-0.3, -0.25) is 9.59 Å². The minimum absolute atomic E-state index is 0.145. The predicted octanol–water partition coefficient (Wildman–Crippen LogP) is 3.02. The molecular formula is C20H22N2O2. The lowest BCUT2D eigenvalue weighted by molar-refractivity contribution is -0.121. The van der Waals surface area contributed by atoms with Gasteiger partial charge in [0.15, 0.2) is 0 Å². The number of hydrogen-bond donors (Lipinski definition) is 1. The first kappa shape index (κ1) is 16.4. The Morgan fingerprint density at radius 3 is 2.42 bits per heavy atom. The van der Waals surface area contributed by atoms with E-state index in [4.69, 9.17) is 0 Å². The number of amides is 2. The van der Waals surface area contributed by atoms with E-state index in [1.165, 1.54) is 10.5 Å². The molecule has 24 heavy (non-hydrogen) atoms. The van der Waals surface area contributed by atoms with Crippen molar-refractivity contribution in [3.05, 3.63) is 65.7 Å². The van der Waals surface area contributed by atoms with Gasteiger partial charge in [0, 0.05) is 6.54 Å². The van der Waals surface area contributed by atoms with Crippen molar-refractivity contribution in [1.29, 1.82) is 0 Å². The minimum atomic E-state index is -0.440. The van der Waals surface area contributed by atoms with E-state index in [2.05, 4.69) is 24.4 Å². The third kappa shape index (κ3) is 3.39. The number of nitrogens with one attached hydrogen (secondary N) is 1. The maximum atomic E-state index is 12.6. The zero-order valence-corrected chi connectivity index (χ0v) is 14.0. The van der Waals surface area contributed by atoms with Crippen molar-refractivity contribution < 1.29 is 9.59 Å². The lowest BCUT2D eigenvalue weighted by atomic mass is 10.0. The predicted molar refractivity (Wildman–Crippen MR) is 94.9 cm³/mol. The highest BCUT2D eigenvalue weighted by Gasteiger charge is 2.39. The second kappa shape index (κ2) is 6.97. The van der Waals surface area contributed by atoms with Gasteiger partial charge in [-0.25, -0.2) is 4.90 Å². The van der Waals surface area contributed by atoms with Gasteiger partial charge in [0.2, 0.25) is 5.91 Å². The second-order valence-corrected chi connectivity index (χ2v) is 6.38. The summed E-state index contributed by atoms with van der Waals surface area (Å²) in [5.74, 6) is -0.0274. The molecule has 0 spiro atoms. The summed E-state index contributed by atoms with van der Waals surface area (Å²) >= 11 is 0. The topological polar surface area (TPSA) is 49.4 Å². The van der Waals surface area contributed by atoms with Crippen molar-refractivity contribution in [2.24, 2.45) is 0 Å². The standard InChI is InChI=1S/C20H22N2O2/c1-14-8-10-17(11-9-14)22-19(23)12-18(20(22)24)21-13-15(2)16-6-4-3-5-7-16/h3-11,15,18,21H,12-13H2,1-2H3/t15-,18+/m1/s1. The van der Waals surface area contributed by atoms with Crippen LogP contribution in [-0.4, -0.2) is 24.4 Å². The Labute approximate surface area is 142 Å². The van der Waals surface area contributed by atoms with Crippen molar-refractivity contribution in [3.8, 4) is 0 Å². The quantitative estimate of drug-likeness (QED) is 0.861. The van der Waals surface area contributed by atoms with Crippen molar-refractivity contribution in [3.63, 3.8) is 0 Å². The second-order valence-electron chi connectivity index (χ2n) is 6.38. The first-order chi connectivity index (χ1) is 11.6. The van der Waals surface area contributed by atoms with Crippen molar-refractivity contribution in [1.82, 2.24) is 5.32 Å². The monoisotopic (exact) mass is 322 g/mol. The number of hydrogen-bond acceptors (Lipinski definition) is 3. The number of aryl methyl sites for hydroxylation is 1. The fourth-order valence-electron chi connectivity index (χ4n) is 2.97. The molecule has 1 heterocycles.